The monoisotopic (exact) mass is 477 g/mol. The number of hydrogen-bond donors (Lipinski definition) is 2. The number of fused-ring (bicyclic) bond motifs is 1. The van der Waals surface area contributed by atoms with E-state index in [4.69, 9.17) is 5.73 Å². The summed E-state index contributed by atoms with van der Waals surface area (Å²) in [5, 5.41) is 11.0. The van der Waals surface area contributed by atoms with Crippen LogP contribution < -0.4 is 11.1 Å². The van der Waals surface area contributed by atoms with Crippen molar-refractivity contribution in [2.75, 3.05) is 5.32 Å². The van der Waals surface area contributed by atoms with Crippen LogP contribution in [-0.4, -0.2) is 36.4 Å². The maximum Gasteiger partial charge on any atom is 0.433 e. The molecular weight excluding hydrogens is 459 g/mol. The van der Waals surface area contributed by atoms with E-state index in [-0.39, 0.29) is 32.9 Å². The molecule has 0 aliphatic rings. The number of nitrogens with one attached hydrogen (secondary N) is 1. The lowest BCUT2D eigenvalue weighted by Crippen LogP contribution is -2.22. The number of halogens is 3. The average molecular weight is 477 g/mol. The van der Waals surface area contributed by atoms with E-state index in [0.29, 0.717) is 22.6 Å². The number of carbonyl (C=O) groups is 2. The van der Waals surface area contributed by atoms with Gasteiger partial charge in [-0.1, -0.05) is 0 Å². The van der Waals surface area contributed by atoms with Gasteiger partial charge >= 0.3 is 6.18 Å². The van der Waals surface area contributed by atoms with Crippen molar-refractivity contribution in [1.29, 1.82) is 0 Å². The maximum absolute atomic E-state index is 13.6. The summed E-state index contributed by atoms with van der Waals surface area (Å²) in [5.41, 5.74) is 6.24. The Morgan fingerprint density at radius 1 is 1.21 bits per heavy atom. The van der Waals surface area contributed by atoms with Gasteiger partial charge in [-0.25, -0.2) is 4.98 Å². The van der Waals surface area contributed by atoms with Gasteiger partial charge in [-0.05, 0) is 31.5 Å². The highest BCUT2D eigenvalue weighted by atomic mass is 32.1. The number of anilines is 1. The number of rotatable bonds is 5. The summed E-state index contributed by atoms with van der Waals surface area (Å²) in [7, 11) is 1.65. The number of nitrogens with two attached hydrogens (primary N) is 1. The van der Waals surface area contributed by atoms with E-state index in [1.165, 1.54) is 21.8 Å². The van der Waals surface area contributed by atoms with E-state index in [1.807, 2.05) is 0 Å². The van der Waals surface area contributed by atoms with Gasteiger partial charge in [0.15, 0.2) is 0 Å². The van der Waals surface area contributed by atoms with Crippen LogP contribution in [0.15, 0.2) is 24.5 Å². The Bertz CT molecular complexity index is 1400. The standard InChI is InChI=1S/C20H18F3N7O2S/c1-9-4-5-25-30(9)8-14(31)28-16-15-11(12-7-26-29(3)10(12)2)6-13(20(21,22)23)27-19(15)33-17(16)18(24)32/h4-7H,8H2,1-3H3,(H2,24,32)(H,28,31). The fourth-order valence-corrected chi connectivity index (χ4v) is 4.40. The number of pyridine rings is 1. The molecule has 0 spiro atoms. The zero-order valence-corrected chi connectivity index (χ0v) is 18.5. The Kier molecular flexibility index (Phi) is 5.44. The number of aromatic nitrogens is 5. The van der Waals surface area contributed by atoms with E-state index in [1.54, 1.807) is 27.0 Å². The first-order valence-corrected chi connectivity index (χ1v) is 10.4. The van der Waals surface area contributed by atoms with Crippen molar-refractivity contribution in [3.05, 3.63) is 46.5 Å². The average Bonchev–Trinajstić information content (AvgIpc) is 3.39. The van der Waals surface area contributed by atoms with Crippen LogP contribution in [0.1, 0.15) is 26.8 Å². The Morgan fingerprint density at radius 3 is 2.48 bits per heavy atom. The molecule has 3 N–H and O–H groups in total. The third kappa shape index (κ3) is 4.06. The molecule has 4 rings (SSSR count). The molecule has 0 aliphatic carbocycles. The first kappa shape index (κ1) is 22.5. The topological polar surface area (TPSA) is 121 Å². The summed E-state index contributed by atoms with van der Waals surface area (Å²) in [5.74, 6) is -1.43. The molecule has 33 heavy (non-hydrogen) atoms. The Labute approximate surface area is 189 Å². The normalized spacial score (nSPS) is 11.8. The summed E-state index contributed by atoms with van der Waals surface area (Å²) >= 11 is 0.687. The third-order valence-electron chi connectivity index (χ3n) is 5.19. The summed E-state index contributed by atoms with van der Waals surface area (Å²) < 4.78 is 43.7. The molecule has 0 bridgehead atoms. The molecule has 4 aromatic rings. The van der Waals surface area contributed by atoms with Crippen LogP contribution in [0.3, 0.4) is 0 Å². The molecular formula is C20H18F3N7O2S. The summed E-state index contributed by atoms with van der Waals surface area (Å²) in [6.07, 6.45) is -1.77. The second-order valence-corrected chi connectivity index (χ2v) is 8.35. The number of carbonyl (C=O) groups excluding carboxylic acids is 2. The lowest BCUT2D eigenvalue weighted by molar-refractivity contribution is -0.140. The van der Waals surface area contributed by atoms with Crippen LogP contribution >= 0.6 is 11.3 Å². The lowest BCUT2D eigenvalue weighted by Gasteiger charge is -2.12. The van der Waals surface area contributed by atoms with Gasteiger partial charge in [0.05, 0.1) is 11.9 Å². The number of primary amides is 1. The number of hydrogen-bond acceptors (Lipinski definition) is 6. The Morgan fingerprint density at radius 2 is 1.94 bits per heavy atom. The molecule has 4 aromatic heterocycles. The molecule has 9 nitrogen and oxygen atoms in total. The van der Waals surface area contributed by atoms with E-state index >= 15 is 0 Å². The Balaban J connectivity index is 1.94. The van der Waals surface area contributed by atoms with Crippen LogP contribution in [0.5, 0.6) is 0 Å². The zero-order valence-electron chi connectivity index (χ0n) is 17.7. The van der Waals surface area contributed by atoms with Gasteiger partial charge in [0.2, 0.25) is 5.91 Å². The number of nitrogens with zero attached hydrogens (tertiary/aromatic N) is 5. The minimum absolute atomic E-state index is 0.0109. The third-order valence-corrected chi connectivity index (χ3v) is 6.29. The van der Waals surface area contributed by atoms with Crippen molar-refractivity contribution < 1.29 is 22.8 Å². The summed E-state index contributed by atoms with van der Waals surface area (Å²) in [4.78, 5) is 28.4. The molecule has 0 unspecified atom stereocenters. The fraction of sp³-hybridized carbons (Fsp3) is 0.250. The predicted molar refractivity (Wildman–Crippen MR) is 116 cm³/mol. The van der Waals surface area contributed by atoms with Crippen LogP contribution in [0, 0.1) is 13.8 Å². The molecule has 0 atom stereocenters. The first-order valence-electron chi connectivity index (χ1n) is 9.59. The van der Waals surface area contributed by atoms with Gasteiger partial charge < -0.3 is 11.1 Å². The molecule has 0 saturated carbocycles. The molecule has 0 fully saturated rings. The number of aryl methyl sites for hydroxylation is 2. The van der Waals surface area contributed by atoms with Crippen molar-refractivity contribution in [3.8, 4) is 11.1 Å². The lowest BCUT2D eigenvalue weighted by atomic mass is 10.0. The van der Waals surface area contributed by atoms with Gasteiger partial charge in [0.1, 0.15) is 21.9 Å². The van der Waals surface area contributed by atoms with Crippen molar-refractivity contribution >= 4 is 39.1 Å². The highest BCUT2D eigenvalue weighted by Gasteiger charge is 2.35. The fourth-order valence-electron chi connectivity index (χ4n) is 3.39. The smallest absolute Gasteiger partial charge is 0.365 e. The van der Waals surface area contributed by atoms with Crippen molar-refractivity contribution in [2.24, 2.45) is 12.8 Å². The highest BCUT2D eigenvalue weighted by Crippen LogP contribution is 2.44. The maximum atomic E-state index is 13.6. The van der Waals surface area contributed by atoms with Crippen LogP contribution in [-0.2, 0) is 24.6 Å². The van der Waals surface area contributed by atoms with E-state index < -0.39 is 23.7 Å². The van der Waals surface area contributed by atoms with Crippen LogP contribution in [0.2, 0.25) is 0 Å². The molecule has 13 heteroatoms. The Hall–Kier alpha value is -3.74. The zero-order chi connectivity index (χ0) is 24.1. The summed E-state index contributed by atoms with van der Waals surface area (Å²) in [6, 6.07) is 2.60. The number of alkyl halides is 3. The van der Waals surface area contributed by atoms with Gasteiger partial charge in [-0.3, -0.25) is 19.0 Å². The largest absolute Gasteiger partial charge is 0.433 e. The van der Waals surface area contributed by atoms with Gasteiger partial charge in [-0.2, -0.15) is 23.4 Å². The predicted octanol–water partition coefficient (Wildman–Crippen LogP) is 3.27. The van der Waals surface area contributed by atoms with Gasteiger partial charge in [0.25, 0.3) is 5.91 Å². The second kappa shape index (κ2) is 7.99. The summed E-state index contributed by atoms with van der Waals surface area (Å²) in [6.45, 7) is 3.30. The van der Waals surface area contributed by atoms with E-state index in [9.17, 15) is 22.8 Å². The minimum atomic E-state index is -4.73. The molecule has 0 aliphatic heterocycles. The first-order chi connectivity index (χ1) is 15.5. The van der Waals surface area contributed by atoms with Crippen LogP contribution in [0.4, 0.5) is 18.9 Å². The van der Waals surface area contributed by atoms with Crippen LogP contribution in [0.25, 0.3) is 21.3 Å². The molecule has 2 amide bonds. The molecule has 0 aromatic carbocycles. The minimum Gasteiger partial charge on any atom is -0.365 e. The molecule has 0 radical (unpaired) electrons. The van der Waals surface area contributed by atoms with E-state index in [0.717, 1.165) is 11.8 Å². The van der Waals surface area contributed by atoms with Gasteiger partial charge in [0, 0.05) is 35.6 Å². The van der Waals surface area contributed by atoms with E-state index in [2.05, 4.69) is 20.5 Å². The van der Waals surface area contributed by atoms with Gasteiger partial charge in [-0.15, -0.1) is 11.3 Å². The number of amides is 2. The second-order valence-electron chi connectivity index (χ2n) is 7.35. The molecule has 0 saturated heterocycles. The quantitative estimate of drug-likeness (QED) is 0.457. The van der Waals surface area contributed by atoms with Crippen molar-refractivity contribution in [3.63, 3.8) is 0 Å². The SMILES string of the molecule is Cc1c(-c2cc(C(F)(F)F)nc3sc(C(N)=O)c(NC(=O)Cn4nccc4C)c23)cnn1C. The highest BCUT2D eigenvalue weighted by molar-refractivity contribution is 7.21. The van der Waals surface area contributed by atoms with Crippen molar-refractivity contribution in [2.45, 2.75) is 26.6 Å². The van der Waals surface area contributed by atoms with Crippen molar-refractivity contribution in [1.82, 2.24) is 24.5 Å². The number of thiophene rings is 1. The molecule has 4 heterocycles. The molecule has 172 valence electrons.